The lowest BCUT2D eigenvalue weighted by atomic mass is 9.86. The average Bonchev–Trinajstić information content (AvgIpc) is 3.62. The van der Waals surface area contributed by atoms with Crippen molar-refractivity contribution in [3.8, 4) is 28.6 Å². The minimum Gasteiger partial charge on any atom is -0.309 e. The molecule has 6 heteroatoms. The van der Waals surface area contributed by atoms with Crippen LogP contribution in [-0.2, 0) is 17.0 Å². The van der Waals surface area contributed by atoms with E-state index < -0.39 is 11.7 Å². The Morgan fingerprint density at radius 1 is 0.481 bits per heavy atom. The van der Waals surface area contributed by atoms with E-state index in [1.54, 1.807) is 39.5 Å². The molecule has 0 atom stereocenters. The summed E-state index contributed by atoms with van der Waals surface area (Å²) in [4.78, 5) is 0. The second kappa shape index (κ2) is 11.6. The van der Waals surface area contributed by atoms with E-state index in [2.05, 4.69) is 59.7 Å². The molecule has 0 bridgehead atoms. The van der Waals surface area contributed by atoms with Gasteiger partial charge < -0.3 is 9.13 Å². The second-order valence-corrected chi connectivity index (χ2v) is 15.7. The van der Waals surface area contributed by atoms with Crippen molar-refractivity contribution in [3.05, 3.63) is 144 Å². The van der Waals surface area contributed by atoms with Gasteiger partial charge in [-0.25, -0.2) is 0 Å². The van der Waals surface area contributed by atoms with Gasteiger partial charge in [0, 0.05) is 21.5 Å². The molecule has 2 heterocycles. The van der Waals surface area contributed by atoms with Gasteiger partial charge in [-0.05, 0) is 93.7 Å². The Balaban J connectivity index is 1.57. The molecular weight excluding hydrogens is 652 g/mol. The normalized spacial score (nSPS) is 12.7. The number of alkyl halides is 3. The van der Waals surface area contributed by atoms with Crippen LogP contribution in [0.2, 0.25) is 0 Å². The van der Waals surface area contributed by atoms with Gasteiger partial charge in [-0.2, -0.15) is 18.4 Å². The van der Waals surface area contributed by atoms with Crippen LogP contribution >= 0.6 is 0 Å². The Labute approximate surface area is 301 Å². The maximum absolute atomic E-state index is 16.1. The number of hydrogen-bond acceptors (Lipinski definition) is 1. The van der Waals surface area contributed by atoms with E-state index in [9.17, 15) is 5.26 Å². The Kier molecular flexibility index (Phi) is 7.45. The van der Waals surface area contributed by atoms with E-state index >= 15 is 13.2 Å². The lowest BCUT2D eigenvalue weighted by molar-refractivity contribution is -0.137. The molecule has 8 aromatic rings. The van der Waals surface area contributed by atoms with Crippen molar-refractivity contribution in [3.63, 3.8) is 0 Å². The predicted molar refractivity (Wildman–Crippen MR) is 208 cm³/mol. The summed E-state index contributed by atoms with van der Waals surface area (Å²) in [5.74, 6) is 0. The van der Waals surface area contributed by atoms with Crippen LogP contribution in [0.5, 0.6) is 0 Å². The summed E-state index contributed by atoms with van der Waals surface area (Å²) in [7, 11) is 0. The minimum absolute atomic E-state index is 0.0225. The topological polar surface area (TPSA) is 33.6 Å². The van der Waals surface area contributed by atoms with Gasteiger partial charge in [-0.3, -0.25) is 0 Å². The summed E-state index contributed by atoms with van der Waals surface area (Å²) in [6.45, 7) is 12.8. The fourth-order valence-electron chi connectivity index (χ4n) is 7.59. The molecule has 0 aliphatic carbocycles. The summed E-state index contributed by atoms with van der Waals surface area (Å²) in [5.41, 5.74) is 5.58. The van der Waals surface area contributed by atoms with Gasteiger partial charge in [0.25, 0.3) is 0 Å². The summed E-state index contributed by atoms with van der Waals surface area (Å²) >= 11 is 0. The highest BCUT2D eigenvalue weighted by molar-refractivity contribution is 6.11. The number of benzene rings is 6. The molecule has 8 rings (SSSR count). The van der Waals surface area contributed by atoms with Gasteiger partial charge in [-0.1, -0.05) is 102 Å². The molecule has 0 aliphatic heterocycles. The van der Waals surface area contributed by atoms with Crippen molar-refractivity contribution in [1.29, 1.82) is 5.26 Å². The van der Waals surface area contributed by atoms with Crippen LogP contribution in [-0.4, -0.2) is 9.13 Å². The third kappa shape index (κ3) is 5.35. The monoisotopic (exact) mass is 689 g/mol. The van der Waals surface area contributed by atoms with Crippen LogP contribution in [0.1, 0.15) is 63.8 Å². The molecule has 0 saturated heterocycles. The molecule has 6 aromatic carbocycles. The van der Waals surface area contributed by atoms with Gasteiger partial charge >= 0.3 is 6.18 Å². The molecule has 0 spiro atoms. The van der Waals surface area contributed by atoms with Gasteiger partial charge in [0.1, 0.15) is 5.56 Å². The average molecular weight is 690 g/mol. The number of rotatable bonds is 3. The smallest absolute Gasteiger partial charge is 0.309 e. The molecule has 0 fully saturated rings. The Hall–Kier alpha value is -5.80. The lowest BCUT2D eigenvalue weighted by Gasteiger charge is -2.24. The molecule has 2 aromatic heterocycles. The first kappa shape index (κ1) is 33.3. The standard InChI is InChI=1S/C46H38F3N3/c1-44(2,3)31-18-20-39-35(25-31)33-14-7-9-16-37(33)51(39)41-23-30(29-13-11-12-28(22-29)27-50)24-42(43(41)46(47,48)49)52-38-17-10-8-15-34(38)36-26-32(45(4,5)6)19-21-40(36)52/h7-26H,1-6H3. The second-order valence-electron chi connectivity index (χ2n) is 15.7. The highest BCUT2D eigenvalue weighted by Crippen LogP contribution is 2.46. The van der Waals surface area contributed by atoms with Gasteiger partial charge in [0.15, 0.2) is 0 Å². The van der Waals surface area contributed by atoms with Crippen molar-refractivity contribution in [1.82, 2.24) is 9.13 Å². The molecule has 0 aliphatic rings. The van der Waals surface area contributed by atoms with Crippen molar-refractivity contribution in [2.75, 3.05) is 0 Å². The van der Waals surface area contributed by atoms with Crippen molar-refractivity contribution >= 4 is 43.6 Å². The number of nitriles is 1. The molecule has 0 N–H and O–H groups in total. The van der Waals surface area contributed by atoms with Gasteiger partial charge in [-0.15, -0.1) is 0 Å². The SMILES string of the molecule is CC(C)(C)c1ccc2c(c1)c1ccccc1n2-c1cc(-c2cccc(C#N)c2)cc(-n2c3ccccc3c3cc(C(C)(C)C)ccc32)c1C(F)(F)F. The number of halogens is 3. The summed E-state index contributed by atoms with van der Waals surface area (Å²) < 4.78 is 51.9. The maximum Gasteiger partial charge on any atom is 0.420 e. The largest absolute Gasteiger partial charge is 0.420 e. The Morgan fingerprint density at radius 3 is 1.38 bits per heavy atom. The predicted octanol–water partition coefficient (Wildman–Crippen LogP) is 13.0. The number of aromatic nitrogens is 2. The van der Waals surface area contributed by atoms with E-state index in [-0.39, 0.29) is 22.2 Å². The highest BCUT2D eigenvalue weighted by Gasteiger charge is 2.39. The first-order valence-corrected chi connectivity index (χ1v) is 17.5. The van der Waals surface area contributed by atoms with Crippen molar-refractivity contribution in [2.24, 2.45) is 0 Å². The third-order valence-electron chi connectivity index (χ3n) is 10.3. The van der Waals surface area contributed by atoms with Crippen LogP contribution in [0.25, 0.3) is 66.1 Å². The fraction of sp³-hybridized carbons (Fsp3) is 0.196. The van der Waals surface area contributed by atoms with Crippen LogP contribution in [0, 0.1) is 11.3 Å². The van der Waals surface area contributed by atoms with E-state index in [0.29, 0.717) is 38.8 Å². The molecule has 3 nitrogen and oxygen atoms in total. The van der Waals surface area contributed by atoms with E-state index in [1.807, 2.05) is 78.9 Å². The number of fused-ring (bicyclic) bond motifs is 6. The van der Waals surface area contributed by atoms with Crippen molar-refractivity contribution < 1.29 is 13.2 Å². The number of para-hydroxylation sites is 2. The van der Waals surface area contributed by atoms with Gasteiger partial charge in [0.05, 0.1) is 45.1 Å². The van der Waals surface area contributed by atoms with E-state index in [1.165, 1.54) is 0 Å². The molecular formula is C46H38F3N3. The molecule has 52 heavy (non-hydrogen) atoms. The van der Waals surface area contributed by atoms with Crippen LogP contribution in [0.3, 0.4) is 0 Å². The van der Waals surface area contributed by atoms with E-state index in [0.717, 1.165) is 32.7 Å². The van der Waals surface area contributed by atoms with Crippen molar-refractivity contribution in [2.45, 2.75) is 58.5 Å². The zero-order valence-electron chi connectivity index (χ0n) is 30.0. The quantitative estimate of drug-likeness (QED) is 0.182. The molecule has 258 valence electrons. The zero-order valence-corrected chi connectivity index (χ0v) is 30.0. The van der Waals surface area contributed by atoms with Crippen LogP contribution in [0.15, 0.2) is 121 Å². The van der Waals surface area contributed by atoms with Gasteiger partial charge in [0.2, 0.25) is 0 Å². The first-order chi connectivity index (χ1) is 24.6. The number of nitrogens with zero attached hydrogens (tertiary/aromatic N) is 3. The molecule has 0 unspecified atom stereocenters. The van der Waals surface area contributed by atoms with Crippen LogP contribution < -0.4 is 0 Å². The maximum atomic E-state index is 16.1. The number of hydrogen-bond donors (Lipinski definition) is 0. The molecule has 0 saturated carbocycles. The lowest BCUT2D eigenvalue weighted by Crippen LogP contribution is -2.16. The molecule has 0 radical (unpaired) electrons. The van der Waals surface area contributed by atoms with Crippen LogP contribution in [0.4, 0.5) is 13.2 Å². The first-order valence-electron chi connectivity index (χ1n) is 17.5. The van der Waals surface area contributed by atoms with E-state index in [4.69, 9.17) is 0 Å². The highest BCUT2D eigenvalue weighted by atomic mass is 19.4. The summed E-state index contributed by atoms with van der Waals surface area (Å²) in [5, 5.41) is 13.3. The summed E-state index contributed by atoms with van der Waals surface area (Å²) in [6, 6.07) is 40.0. The fourth-order valence-corrected chi connectivity index (χ4v) is 7.59. The molecule has 0 amide bonds. The Morgan fingerprint density at radius 2 is 0.942 bits per heavy atom. The Bertz CT molecular complexity index is 2600. The third-order valence-corrected chi connectivity index (χ3v) is 10.3. The minimum atomic E-state index is -4.75. The summed E-state index contributed by atoms with van der Waals surface area (Å²) in [6.07, 6.45) is -4.75. The zero-order chi connectivity index (χ0) is 36.7.